The third kappa shape index (κ3) is 45.8. The predicted molar refractivity (Wildman–Crippen MR) is 251 cm³/mol. The van der Waals surface area contributed by atoms with Crippen molar-refractivity contribution in [2.24, 2.45) is 0 Å². The van der Waals surface area contributed by atoms with E-state index in [0.717, 1.165) is 89.9 Å². The minimum atomic E-state index is -0.804. The van der Waals surface area contributed by atoms with Gasteiger partial charge in [0.05, 0.1) is 0 Å². The molecule has 0 bridgehead atoms. The van der Waals surface area contributed by atoms with Crippen molar-refractivity contribution in [3.8, 4) is 0 Å². The highest BCUT2D eigenvalue weighted by Gasteiger charge is 2.19. The summed E-state index contributed by atoms with van der Waals surface area (Å²) in [5.74, 6) is -0.980. The molecule has 0 aliphatic heterocycles. The molecule has 0 N–H and O–H groups in total. The number of carbonyl (C=O) groups is 3. The van der Waals surface area contributed by atoms with Gasteiger partial charge >= 0.3 is 17.9 Å². The molecule has 0 aromatic carbocycles. The molecule has 59 heavy (non-hydrogen) atoms. The molecule has 0 aromatic rings. The molecule has 0 aromatic heterocycles. The number of hydrogen-bond acceptors (Lipinski definition) is 6. The Labute approximate surface area is 363 Å². The molecule has 0 aliphatic carbocycles. The Morgan fingerprint density at radius 1 is 0.356 bits per heavy atom. The van der Waals surface area contributed by atoms with Crippen molar-refractivity contribution in [1.29, 1.82) is 0 Å². The predicted octanol–water partition coefficient (Wildman–Crippen LogP) is 15.9. The van der Waals surface area contributed by atoms with E-state index in [4.69, 9.17) is 14.2 Å². The molecule has 0 saturated heterocycles. The summed E-state index contributed by atoms with van der Waals surface area (Å²) in [5.41, 5.74) is 0. The van der Waals surface area contributed by atoms with Crippen LogP contribution >= 0.6 is 0 Å². The van der Waals surface area contributed by atoms with E-state index < -0.39 is 6.10 Å². The summed E-state index contributed by atoms with van der Waals surface area (Å²) >= 11 is 0. The first-order valence-electron chi connectivity index (χ1n) is 24.4. The van der Waals surface area contributed by atoms with Crippen molar-refractivity contribution in [3.63, 3.8) is 0 Å². The first-order chi connectivity index (χ1) is 29.0. The van der Waals surface area contributed by atoms with Gasteiger partial charge in [0.25, 0.3) is 0 Å². The first kappa shape index (κ1) is 55.9. The molecule has 0 fully saturated rings. The maximum Gasteiger partial charge on any atom is 0.306 e. The minimum Gasteiger partial charge on any atom is -0.462 e. The Kier molecular flexibility index (Phi) is 45.0. The van der Waals surface area contributed by atoms with Gasteiger partial charge in [-0.1, -0.05) is 196 Å². The molecule has 1 unspecified atom stereocenters. The lowest BCUT2D eigenvalue weighted by Crippen LogP contribution is -2.30. The Morgan fingerprint density at radius 2 is 0.678 bits per heavy atom. The average molecular weight is 823 g/mol. The second-order valence-corrected chi connectivity index (χ2v) is 16.0. The standard InChI is InChI=1S/C53H90O6/c1-4-7-10-13-16-19-22-24-26-27-28-30-31-34-37-40-43-46-52(55)58-49-50(48-57-51(54)45-42-39-36-33-21-18-15-12-9-6-3)59-53(56)47-44-41-38-35-32-29-25-23-20-17-14-11-8-5-2/h8,11,17,20,24-26,28-30,34,37,50H,4-7,9-10,12-16,18-19,21-23,27,31-33,35-36,38-49H2,1-3H3/b11-8-,20-17-,26-24-,29-25-,30-28-,37-34-. The number of unbranched alkanes of at least 4 members (excludes halogenated alkanes) is 20. The molecular weight excluding hydrogens is 733 g/mol. The van der Waals surface area contributed by atoms with Gasteiger partial charge in [-0.15, -0.1) is 0 Å². The monoisotopic (exact) mass is 823 g/mol. The normalized spacial score (nSPS) is 12.7. The second-order valence-electron chi connectivity index (χ2n) is 16.0. The van der Waals surface area contributed by atoms with Crippen LogP contribution in [0.15, 0.2) is 72.9 Å². The molecule has 6 nitrogen and oxygen atoms in total. The van der Waals surface area contributed by atoms with Gasteiger partial charge in [0.2, 0.25) is 0 Å². The van der Waals surface area contributed by atoms with Crippen LogP contribution in [0.5, 0.6) is 0 Å². The van der Waals surface area contributed by atoms with Gasteiger partial charge in [0, 0.05) is 19.3 Å². The van der Waals surface area contributed by atoms with E-state index in [-0.39, 0.29) is 37.5 Å². The van der Waals surface area contributed by atoms with E-state index in [1.165, 1.54) is 89.9 Å². The van der Waals surface area contributed by atoms with E-state index >= 15 is 0 Å². The largest absolute Gasteiger partial charge is 0.462 e. The summed E-state index contributed by atoms with van der Waals surface area (Å²) in [6, 6.07) is 0. The minimum absolute atomic E-state index is 0.0995. The van der Waals surface area contributed by atoms with Crippen molar-refractivity contribution in [1.82, 2.24) is 0 Å². The molecule has 0 spiro atoms. The van der Waals surface area contributed by atoms with E-state index in [9.17, 15) is 14.4 Å². The van der Waals surface area contributed by atoms with Gasteiger partial charge in [0.1, 0.15) is 13.2 Å². The summed E-state index contributed by atoms with van der Waals surface area (Å²) < 4.78 is 16.7. The molecular formula is C53H90O6. The zero-order chi connectivity index (χ0) is 43.0. The number of esters is 3. The Morgan fingerprint density at radius 3 is 1.10 bits per heavy atom. The molecule has 0 heterocycles. The van der Waals surface area contributed by atoms with Crippen LogP contribution in [0.3, 0.4) is 0 Å². The van der Waals surface area contributed by atoms with Crippen LogP contribution < -0.4 is 0 Å². The fourth-order valence-corrected chi connectivity index (χ4v) is 6.53. The quantitative estimate of drug-likeness (QED) is 0.0264. The van der Waals surface area contributed by atoms with Crippen LogP contribution in [0.4, 0.5) is 0 Å². The van der Waals surface area contributed by atoms with Crippen LogP contribution in [-0.4, -0.2) is 37.2 Å². The van der Waals surface area contributed by atoms with Crippen molar-refractivity contribution in [2.75, 3.05) is 13.2 Å². The molecule has 6 heteroatoms. The highest BCUT2D eigenvalue weighted by molar-refractivity contribution is 5.71. The third-order valence-electron chi connectivity index (χ3n) is 10.2. The highest BCUT2D eigenvalue weighted by atomic mass is 16.6. The number of hydrogen-bond donors (Lipinski definition) is 0. The number of ether oxygens (including phenoxy) is 3. The van der Waals surface area contributed by atoms with Gasteiger partial charge in [-0.3, -0.25) is 14.4 Å². The fourth-order valence-electron chi connectivity index (χ4n) is 6.53. The molecule has 0 aliphatic rings. The topological polar surface area (TPSA) is 78.9 Å². The van der Waals surface area contributed by atoms with Crippen molar-refractivity contribution in [2.45, 2.75) is 232 Å². The lowest BCUT2D eigenvalue weighted by atomic mass is 10.1. The van der Waals surface area contributed by atoms with Gasteiger partial charge in [-0.05, 0) is 83.5 Å². The maximum atomic E-state index is 12.7. The summed E-state index contributed by atoms with van der Waals surface area (Å²) in [4.78, 5) is 37.8. The molecule has 0 rings (SSSR count). The maximum absolute atomic E-state index is 12.7. The van der Waals surface area contributed by atoms with Crippen LogP contribution in [0.1, 0.15) is 226 Å². The van der Waals surface area contributed by atoms with Gasteiger partial charge in [0.15, 0.2) is 6.10 Å². The lowest BCUT2D eigenvalue weighted by molar-refractivity contribution is -0.167. The van der Waals surface area contributed by atoms with Crippen molar-refractivity contribution in [3.05, 3.63) is 72.9 Å². The Bertz CT molecular complexity index is 1130. The third-order valence-corrected chi connectivity index (χ3v) is 10.2. The van der Waals surface area contributed by atoms with Crippen LogP contribution in [0.2, 0.25) is 0 Å². The Balaban J connectivity index is 4.47. The Hall–Kier alpha value is -3.15. The molecule has 0 saturated carbocycles. The van der Waals surface area contributed by atoms with Crippen LogP contribution in [-0.2, 0) is 28.6 Å². The van der Waals surface area contributed by atoms with E-state index in [1.807, 2.05) is 0 Å². The van der Waals surface area contributed by atoms with E-state index in [2.05, 4.69) is 93.7 Å². The number of allylic oxidation sites excluding steroid dienone is 12. The second kappa shape index (κ2) is 47.5. The summed E-state index contributed by atoms with van der Waals surface area (Å²) in [7, 11) is 0. The average Bonchev–Trinajstić information content (AvgIpc) is 3.23. The van der Waals surface area contributed by atoms with Crippen LogP contribution in [0, 0.1) is 0 Å². The zero-order valence-corrected chi connectivity index (χ0v) is 38.5. The molecule has 338 valence electrons. The first-order valence-corrected chi connectivity index (χ1v) is 24.4. The summed E-state index contributed by atoms with van der Waals surface area (Å²) in [6.45, 7) is 6.43. The van der Waals surface area contributed by atoms with Crippen molar-refractivity contribution < 1.29 is 28.6 Å². The summed E-state index contributed by atoms with van der Waals surface area (Å²) in [6.07, 6.45) is 58.9. The molecule has 0 radical (unpaired) electrons. The van der Waals surface area contributed by atoms with Gasteiger partial charge in [-0.2, -0.15) is 0 Å². The molecule has 1 atom stereocenters. The number of rotatable bonds is 43. The smallest absolute Gasteiger partial charge is 0.306 e. The van der Waals surface area contributed by atoms with E-state index in [1.54, 1.807) is 0 Å². The zero-order valence-electron chi connectivity index (χ0n) is 38.5. The van der Waals surface area contributed by atoms with E-state index in [0.29, 0.717) is 19.3 Å². The highest BCUT2D eigenvalue weighted by Crippen LogP contribution is 2.13. The SMILES string of the molecule is CC/C=C\C/C=C\C/C=C\CCCCCCC(=O)OC(COC(=O)CCC/C=C\C/C=C\C/C=C\CCCCCCCC)COC(=O)CCCCCCCCCCCC. The number of carbonyl (C=O) groups excluding carboxylic acids is 3. The van der Waals surface area contributed by atoms with Crippen LogP contribution in [0.25, 0.3) is 0 Å². The van der Waals surface area contributed by atoms with Gasteiger partial charge in [-0.25, -0.2) is 0 Å². The molecule has 0 amide bonds. The lowest BCUT2D eigenvalue weighted by Gasteiger charge is -2.18. The van der Waals surface area contributed by atoms with Gasteiger partial charge < -0.3 is 14.2 Å². The summed E-state index contributed by atoms with van der Waals surface area (Å²) in [5, 5.41) is 0. The fraction of sp³-hybridized carbons (Fsp3) is 0.717. The van der Waals surface area contributed by atoms with Crippen molar-refractivity contribution >= 4 is 17.9 Å².